The van der Waals surface area contributed by atoms with Crippen LogP contribution in [0.4, 0.5) is 0 Å². The number of rotatable bonds is 8. The highest BCUT2D eigenvalue weighted by atomic mass is 127. The van der Waals surface area contributed by atoms with Gasteiger partial charge in [-0.2, -0.15) is 0 Å². The number of aliphatic hydroxyl groups excluding tert-OH is 1. The molecule has 0 bridgehead atoms. The van der Waals surface area contributed by atoms with Crippen LogP contribution < -0.4 is 4.74 Å². The predicted molar refractivity (Wildman–Crippen MR) is 138 cm³/mol. The van der Waals surface area contributed by atoms with Crippen LogP contribution in [0.15, 0.2) is 78.6 Å². The molecule has 0 aliphatic carbocycles. The van der Waals surface area contributed by atoms with Crippen LogP contribution in [0.2, 0.25) is 0 Å². The van der Waals surface area contributed by atoms with Crippen LogP contribution in [0.25, 0.3) is 5.76 Å². The minimum absolute atomic E-state index is 0.0750. The van der Waals surface area contributed by atoms with Crippen LogP contribution in [0, 0.1) is 3.57 Å². The first kappa shape index (κ1) is 23.9. The van der Waals surface area contributed by atoms with E-state index in [1.54, 1.807) is 42.7 Å². The molecule has 6 nitrogen and oxygen atoms in total. The van der Waals surface area contributed by atoms with Crippen LogP contribution in [0.3, 0.4) is 0 Å². The molecule has 174 valence electrons. The van der Waals surface area contributed by atoms with Crippen molar-refractivity contribution in [2.45, 2.75) is 32.4 Å². The van der Waals surface area contributed by atoms with E-state index >= 15 is 0 Å². The van der Waals surface area contributed by atoms with Crippen molar-refractivity contribution >= 4 is 40.0 Å². The first-order chi connectivity index (χ1) is 16.5. The third-order valence-corrected chi connectivity index (χ3v) is 6.42. The summed E-state index contributed by atoms with van der Waals surface area (Å²) in [6.07, 6.45) is 5.23. The number of ketones is 1. The van der Waals surface area contributed by atoms with E-state index in [2.05, 4.69) is 34.5 Å². The fourth-order valence-corrected chi connectivity index (χ4v) is 4.30. The van der Waals surface area contributed by atoms with Crippen LogP contribution in [-0.2, 0) is 16.1 Å². The first-order valence-corrected chi connectivity index (χ1v) is 12.2. The molecule has 0 spiro atoms. The molecular weight excluding hydrogens is 543 g/mol. The largest absolute Gasteiger partial charge is 0.507 e. The van der Waals surface area contributed by atoms with E-state index in [1.807, 2.05) is 30.3 Å². The molecule has 7 heteroatoms. The van der Waals surface area contributed by atoms with Crippen molar-refractivity contribution in [3.05, 3.63) is 98.9 Å². The number of pyridine rings is 1. The van der Waals surface area contributed by atoms with Gasteiger partial charge < -0.3 is 14.7 Å². The summed E-state index contributed by atoms with van der Waals surface area (Å²) in [5.74, 6) is -0.945. The molecule has 0 radical (unpaired) electrons. The number of aromatic nitrogens is 1. The van der Waals surface area contributed by atoms with E-state index < -0.39 is 17.7 Å². The number of hydrogen-bond donors (Lipinski definition) is 1. The smallest absolute Gasteiger partial charge is 0.295 e. The molecular formula is C27H25IN2O4. The summed E-state index contributed by atoms with van der Waals surface area (Å²) in [5.41, 5.74) is 2.11. The Morgan fingerprint density at radius 2 is 1.82 bits per heavy atom. The zero-order chi connectivity index (χ0) is 24.1. The molecule has 1 atom stereocenters. The Hall–Kier alpha value is -3.20. The van der Waals surface area contributed by atoms with Crippen LogP contribution in [-0.4, -0.2) is 33.3 Å². The molecule has 3 aromatic rings. The van der Waals surface area contributed by atoms with Gasteiger partial charge in [0.2, 0.25) is 0 Å². The quantitative estimate of drug-likeness (QED) is 0.128. The van der Waals surface area contributed by atoms with E-state index in [0.717, 1.165) is 27.5 Å². The Kier molecular flexibility index (Phi) is 7.62. The average Bonchev–Trinajstić information content (AvgIpc) is 3.10. The summed E-state index contributed by atoms with van der Waals surface area (Å²) in [6, 6.07) is 17.5. The Morgan fingerprint density at radius 1 is 1.09 bits per heavy atom. The Balaban J connectivity index is 1.78. The molecule has 34 heavy (non-hydrogen) atoms. The minimum Gasteiger partial charge on any atom is -0.507 e. The number of amides is 1. The van der Waals surface area contributed by atoms with Gasteiger partial charge in [0.05, 0.1) is 18.2 Å². The fraction of sp³-hybridized carbons (Fsp3) is 0.222. The Bertz CT molecular complexity index is 1210. The maximum Gasteiger partial charge on any atom is 0.295 e. The van der Waals surface area contributed by atoms with E-state index in [4.69, 9.17) is 4.74 Å². The van der Waals surface area contributed by atoms with Gasteiger partial charge in [0.15, 0.2) is 0 Å². The summed E-state index contributed by atoms with van der Waals surface area (Å²) in [5, 5.41) is 11.3. The predicted octanol–water partition coefficient (Wildman–Crippen LogP) is 5.49. The van der Waals surface area contributed by atoms with Crippen molar-refractivity contribution in [3.63, 3.8) is 0 Å². The van der Waals surface area contributed by atoms with Crippen molar-refractivity contribution in [1.82, 2.24) is 9.88 Å². The molecule has 1 amide bonds. The van der Waals surface area contributed by atoms with Gasteiger partial charge in [-0.25, -0.2) is 0 Å². The monoisotopic (exact) mass is 568 g/mol. The molecule has 2 aromatic carbocycles. The number of nitrogens with zero attached hydrogens (tertiary/aromatic N) is 2. The first-order valence-electron chi connectivity index (χ1n) is 11.2. The van der Waals surface area contributed by atoms with Crippen molar-refractivity contribution in [3.8, 4) is 5.75 Å². The molecule has 1 aliphatic rings. The average molecular weight is 568 g/mol. The van der Waals surface area contributed by atoms with Gasteiger partial charge in [-0.05, 0) is 76.5 Å². The number of likely N-dealkylation sites (tertiary alicyclic amines) is 1. The highest BCUT2D eigenvalue weighted by molar-refractivity contribution is 14.1. The molecule has 1 saturated heterocycles. The number of unbranched alkanes of at least 4 members (excludes halogenated alkanes) is 1. The number of hydrogen-bond acceptors (Lipinski definition) is 5. The summed E-state index contributed by atoms with van der Waals surface area (Å²) >= 11 is 2.21. The van der Waals surface area contributed by atoms with Gasteiger partial charge >= 0.3 is 0 Å². The lowest BCUT2D eigenvalue weighted by Crippen LogP contribution is -2.29. The van der Waals surface area contributed by atoms with Crippen LogP contribution in [0.5, 0.6) is 5.75 Å². The molecule has 1 unspecified atom stereocenters. The van der Waals surface area contributed by atoms with Crippen molar-refractivity contribution in [2.75, 3.05) is 6.61 Å². The number of carbonyl (C=O) groups excluding carboxylic acids is 2. The van der Waals surface area contributed by atoms with Crippen LogP contribution >= 0.6 is 22.6 Å². The number of aliphatic hydroxyl groups is 1. The Morgan fingerprint density at radius 3 is 2.53 bits per heavy atom. The lowest BCUT2D eigenvalue weighted by atomic mass is 9.95. The van der Waals surface area contributed by atoms with Gasteiger partial charge in [-0.1, -0.05) is 37.6 Å². The second-order valence-corrected chi connectivity index (χ2v) is 9.31. The topological polar surface area (TPSA) is 79.7 Å². The van der Waals surface area contributed by atoms with E-state index in [9.17, 15) is 14.7 Å². The third-order valence-electron chi connectivity index (χ3n) is 5.70. The number of carbonyl (C=O) groups is 2. The molecule has 4 rings (SSSR count). The normalized spacial score (nSPS) is 17.2. The Labute approximate surface area is 212 Å². The second kappa shape index (κ2) is 10.8. The maximum atomic E-state index is 13.2. The second-order valence-electron chi connectivity index (χ2n) is 8.06. The summed E-state index contributed by atoms with van der Waals surface area (Å²) in [7, 11) is 0. The van der Waals surface area contributed by atoms with Gasteiger partial charge in [-0.3, -0.25) is 14.6 Å². The van der Waals surface area contributed by atoms with Crippen molar-refractivity contribution in [1.29, 1.82) is 0 Å². The molecule has 1 aliphatic heterocycles. The van der Waals surface area contributed by atoms with Crippen molar-refractivity contribution < 1.29 is 19.4 Å². The maximum absolute atomic E-state index is 13.2. The zero-order valence-electron chi connectivity index (χ0n) is 18.8. The lowest BCUT2D eigenvalue weighted by molar-refractivity contribution is -0.140. The van der Waals surface area contributed by atoms with Gasteiger partial charge in [0, 0.05) is 28.1 Å². The van der Waals surface area contributed by atoms with E-state index in [1.165, 1.54) is 4.90 Å². The van der Waals surface area contributed by atoms with Crippen molar-refractivity contribution in [2.24, 2.45) is 0 Å². The molecule has 1 N–H and O–H groups in total. The number of halogens is 1. The van der Waals surface area contributed by atoms with E-state index in [-0.39, 0.29) is 17.9 Å². The molecule has 2 heterocycles. The summed E-state index contributed by atoms with van der Waals surface area (Å²) in [6.45, 7) is 2.88. The number of benzene rings is 2. The van der Waals surface area contributed by atoms with Gasteiger partial charge in [0.1, 0.15) is 11.5 Å². The zero-order valence-corrected chi connectivity index (χ0v) is 20.9. The minimum atomic E-state index is -0.713. The molecule has 1 fully saturated rings. The molecule has 1 aromatic heterocycles. The number of ether oxygens (including phenoxy) is 1. The highest BCUT2D eigenvalue weighted by Gasteiger charge is 2.46. The highest BCUT2D eigenvalue weighted by Crippen LogP contribution is 2.40. The van der Waals surface area contributed by atoms with Crippen LogP contribution in [0.1, 0.15) is 42.5 Å². The standard InChI is InChI=1S/C27H25IN2O4/c1-2-3-15-34-22-6-4-5-20(16-22)25(31)23-24(19-7-9-21(28)10-8-19)30(27(33)26(23)32)17-18-11-13-29-14-12-18/h4-14,16,24,31H,2-3,15,17H2,1H3/b25-23+. The fourth-order valence-electron chi connectivity index (χ4n) is 3.94. The van der Waals surface area contributed by atoms with Gasteiger partial charge in [-0.15, -0.1) is 0 Å². The lowest BCUT2D eigenvalue weighted by Gasteiger charge is -2.25. The molecule has 0 saturated carbocycles. The summed E-state index contributed by atoms with van der Waals surface area (Å²) in [4.78, 5) is 31.9. The SMILES string of the molecule is CCCCOc1cccc(/C(O)=C2\C(=O)C(=O)N(Cc3ccncc3)C2c2ccc(I)cc2)c1. The van der Waals surface area contributed by atoms with E-state index in [0.29, 0.717) is 17.9 Å². The third kappa shape index (κ3) is 5.14. The number of Topliss-reactive ketones (excluding diaryl/α,β-unsaturated/α-hetero) is 1. The summed E-state index contributed by atoms with van der Waals surface area (Å²) < 4.78 is 6.80. The van der Waals surface area contributed by atoms with Gasteiger partial charge in [0.25, 0.3) is 11.7 Å².